The van der Waals surface area contributed by atoms with Crippen LogP contribution in [0, 0.1) is 27.7 Å². The Morgan fingerprint density at radius 3 is 2.00 bits per heavy atom. The Morgan fingerprint density at radius 1 is 1.06 bits per heavy atom. The largest absolute Gasteiger partial charge is 0.374 e. The van der Waals surface area contributed by atoms with Gasteiger partial charge in [-0.3, -0.25) is 0 Å². The van der Waals surface area contributed by atoms with Crippen molar-refractivity contribution in [2.45, 2.75) is 34.1 Å². The highest BCUT2D eigenvalue weighted by Crippen LogP contribution is 2.29. The van der Waals surface area contributed by atoms with E-state index in [9.17, 15) is 0 Å². The van der Waals surface area contributed by atoms with Crippen molar-refractivity contribution in [2.75, 3.05) is 24.4 Å². The molecule has 0 atom stereocenters. The normalized spacial score (nSPS) is 10.6. The van der Waals surface area contributed by atoms with Crippen molar-refractivity contribution in [3.63, 3.8) is 0 Å². The molecule has 1 nitrogen and oxygen atoms in total. The summed E-state index contributed by atoms with van der Waals surface area (Å²) in [5.74, 6) is 0.729. The van der Waals surface area contributed by atoms with Crippen LogP contribution in [-0.4, -0.2) is 19.5 Å². The zero-order valence-corrected chi connectivity index (χ0v) is 11.8. The summed E-state index contributed by atoms with van der Waals surface area (Å²) in [6.45, 7) is 9.79. The number of alkyl halides is 1. The van der Waals surface area contributed by atoms with E-state index in [1.54, 1.807) is 0 Å². The first-order valence-corrected chi connectivity index (χ1v) is 6.37. The number of benzene rings is 1. The predicted molar refractivity (Wildman–Crippen MR) is 74.0 cm³/mol. The Kier molecular flexibility index (Phi) is 4.67. The quantitative estimate of drug-likeness (QED) is 0.719. The molecular formula is C14H22ClN. The van der Waals surface area contributed by atoms with E-state index in [0.29, 0.717) is 0 Å². The minimum absolute atomic E-state index is 0.729. The number of rotatable bonds is 4. The van der Waals surface area contributed by atoms with Gasteiger partial charge in [-0.25, -0.2) is 0 Å². The van der Waals surface area contributed by atoms with E-state index in [-0.39, 0.29) is 0 Å². The zero-order chi connectivity index (χ0) is 12.3. The van der Waals surface area contributed by atoms with Crippen LogP contribution in [0.5, 0.6) is 0 Å². The number of hydrogen-bond acceptors (Lipinski definition) is 1. The van der Waals surface area contributed by atoms with E-state index in [2.05, 4.69) is 45.7 Å². The summed E-state index contributed by atoms with van der Waals surface area (Å²) in [7, 11) is 2.15. The lowest BCUT2D eigenvalue weighted by Crippen LogP contribution is -2.21. The molecule has 0 bridgehead atoms. The Labute approximate surface area is 104 Å². The van der Waals surface area contributed by atoms with Gasteiger partial charge in [0.25, 0.3) is 0 Å². The molecule has 0 fully saturated rings. The minimum atomic E-state index is 0.729. The van der Waals surface area contributed by atoms with E-state index in [4.69, 9.17) is 11.6 Å². The van der Waals surface area contributed by atoms with Crippen LogP contribution in [-0.2, 0) is 0 Å². The smallest absolute Gasteiger partial charge is 0.0428 e. The average Bonchev–Trinajstić information content (AvgIpc) is 2.24. The predicted octanol–water partition coefficient (Wildman–Crippen LogP) is 3.99. The average molecular weight is 240 g/mol. The molecule has 0 N–H and O–H groups in total. The van der Waals surface area contributed by atoms with Crippen molar-refractivity contribution < 1.29 is 0 Å². The SMILES string of the molecule is Cc1cc(C)c(C)c(N(C)CCCCl)c1C. The van der Waals surface area contributed by atoms with Crippen LogP contribution < -0.4 is 4.90 Å². The van der Waals surface area contributed by atoms with Gasteiger partial charge in [-0.1, -0.05) is 6.07 Å². The molecule has 0 radical (unpaired) electrons. The third kappa shape index (κ3) is 2.70. The molecule has 0 aliphatic rings. The highest BCUT2D eigenvalue weighted by atomic mass is 35.5. The summed E-state index contributed by atoms with van der Waals surface area (Å²) in [5.41, 5.74) is 6.90. The van der Waals surface area contributed by atoms with Crippen LogP contribution in [0.25, 0.3) is 0 Å². The van der Waals surface area contributed by atoms with Crippen LogP contribution in [0.1, 0.15) is 28.7 Å². The number of anilines is 1. The first kappa shape index (κ1) is 13.4. The third-order valence-electron chi connectivity index (χ3n) is 3.34. The second-order valence-corrected chi connectivity index (χ2v) is 4.95. The monoisotopic (exact) mass is 239 g/mol. The van der Waals surface area contributed by atoms with E-state index in [1.807, 2.05) is 0 Å². The van der Waals surface area contributed by atoms with Gasteiger partial charge in [-0.2, -0.15) is 0 Å². The molecule has 0 heterocycles. The molecule has 2 heteroatoms. The summed E-state index contributed by atoms with van der Waals surface area (Å²) in [4.78, 5) is 2.33. The maximum absolute atomic E-state index is 5.75. The molecule has 1 aromatic rings. The van der Waals surface area contributed by atoms with Gasteiger partial charge in [0.2, 0.25) is 0 Å². The summed E-state index contributed by atoms with van der Waals surface area (Å²) in [6, 6.07) is 2.27. The van der Waals surface area contributed by atoms with E-state index in [0.717, 1.165) is 18.8 Å². The summed E-state index contributed by atoms with van der Waals surface area (Å²) in [6.07, 6.45) is 1.03. The van der Waals surface area contributed by atoms with Gasteiger partial charge in [0.05, 0.1) is 0 Å². The molecule has 0 aromatic heterocycles. The Balaban J connectivity index is 3.11. The van der Waals surface area contributed by atoms with Gasteiger partial charge in [0.1, 0.15) is 0 Å². The molecule has 90 valence electrons. The fourth-order valence-corrected chi connectivity index (χ4v) is 2.30. The molecule has 0 saturated heterocycles. The van der Waals surface area contributed by atoms with Crippen LogP contribution in [0.15, 0.2) is 6.07 Å². The summed E-state index contributed by atoms with van der Waals surface area (Å²) in [5, 5.41) is 0. The third-order valence-corrected chi connectivity index (χ3v) is 3.60. The van der Waals surface area contributed by atoms with Crippen LogP contribution >= 0.6 is 11.6 Å². The van der Waals surface area contributed by atoms with Gasteiger partial charge in [-0.15, -0.1) is 11.6 Å². The first-order valence-electron chi connectivity index (χ1n) is 5.83. The minimum Gasteiger partial charge on any atom is -0.374 e. The Morgan fingerprint density at radius 2 is 1.56 bits per heavy atom. The second-order valence-electron chi connectivity index (χ2n) is 4.57. The van der Waals surface area contributed by atoms with Crippen LogP contribution in [0.3, 0.4) is 0 Å². The molecule has 0 aliphatic heterocycles. The molecule has 16 heavy (non-hydrogen) atoms. The Bertz CT molecular complexity index is 345. The van der Waals surface area contributed by atoms with Crippen molar-refractivity contribution in [3.8, 4) is 0 Å². The van der Waals surface area contributed by atoms with Crippen molar-refractivity contribution in [3.05, 3.63) is 28.3 Å². The molecule has 0 saturated carbocycles. The van der Waals surface area contributed by atoms with Gasteiger partial charge in [0.15, 0.2) is 0 Å². The lowest BCUT2D eigenvalue weighted by Gasteiger charge is -2.25. The van der Waals surface area contributed by atoms with Crippen LogP contribution in [0.4, 0.5) is 5.69 Å². The molecule has 0 aliphatic carbocycles. The molecule has 1 rings (SSSR count). The maximum atomic E-state index is 5.75. The van der Waals surface area contributed by atoms with Crippen molar-refractivity contribution in [1.82, 2.24) is 0 Å². The molecule has 0 unspecified atom stereocenters. The van der Waals surface area contributed by atoms with Crippen molar-refractivity contribution in [2.24, 2.45) is 0 Å². The topological polar surface area (TPSA) is 3.24 Å². The molecule has 1 aromatic carbocycles. The first-order chi connectivity index (χ1) is 7.49. The van der Waals surface area contributed by atoms with Gasteiger partial charge < -0.3 is 4.90 Å². The van der Waals surface area contributed by atoms with Gasteiger partial charge >= 0.3 is 0 Å². The summed E-state index contributed by atoms with van der Waals surface area (Å²) >= 11 is 5.75. The lowest BCUT2D eigenvalue weighted by atomic mass is 9.98. The lowest BCUT2D eigenvalue weighted by molar-refractivity contribution is 0.848. The highest BCUT2D eigenvalue weighted by Gasteiger charge is 2.11. The summed E-state index contributed by atoms with van der Waals surface area (Å²) < 4.78 is 0. The number of aryl methyl sites for hydroxylation is 2. The van der Waals surface area contributed by atoms with E-state index >= 15 is 0 Å². The fraction of sp³-hybridized carbons (Fsp3) is 0.571. The number of hydrogen-bond donors (Lipinski definition) is 0. The number of nitrogens with zero attached hydrogens (tertiary/aromatic N) is 1. The number of halogens is 1. The molecule has 0 spiro atoms. The van der Waals surface area contributed by atoms with Crippen molar-refractivity contribution in [1.29, 1.82) is 0 Å². The van der Waals surface area contributed by atoms with Gasteiger partial charge in [-0.05, 0) is 56.4 Å². The molecule has 0 amide bonds. The standard InChI is InChI=1S/C14H22ClN/c1-10-9-11(2)13(4)14(12(10)3)16(5)8-6-7-15/h9H,6-8H2,1-5H3. The highest BCUT2D eigenvalue weighted by molar-refractivity contribution is 6.17. The fourth-order valence-electron chi connectivity index (χ4n) is 2.18. The second kappa shape index (κ2) is 5.58. The van der Waals surface area contributed by atoms with E-state index in [1.165, 1.54) is 27.9 Å². The van der Waals surface area contributed by atoms with Gasteiger partial charge in [0, 0.05) is 25.2 Å². The Hall–Kier alpha value is -0.690. The van der Waals surface area contributed by atoms with E-state index < -0.39 is 0 Å². The maximum Gasteiger partial charge on any atom is 0.0428 e. The van der Waals surface area contributed by atoms with Crippen LogP contribution in [0.2, 0.25) is 0 Å². The van der Waals surface area contributed by atoms with Crippen molar-refractivity contribution >= 4 is 17.3 Å². The zero-order valence-electron chi connectivity index (χ0n) is 11.0. The molecular weight excluding hydrogens is 218 g/mol.